The summed E-state index contributed by atoms with van der Waals surface area (Å²) in [6.45, 7) is 9.63. The van der Waals surface area contributed by atoms with E-state index in [1.165, 1.54) is 218 Å². The topological polar surface area (TPSA) is 237 Å². The fourth-order valence-electron chi connectivity index (χ4n) is 11.8. The van der Waals surface area contributed by atoms with Gasteiger partial charge in [0.15, 0.2) is 12.2 Å². The number of unbranched alkanes of at least 4 members (excludes halogenated alkanes) is 46. The van der Waals surface area contributed by atoms with E-state index < -0.39 is 97.5 Å². The minimum Gasteiger partial charge on any atom is -0.462 e. The van der Waals surface area contributed by atoms with Crippen LogP contribution in [0.4, 0.5) is 0 Å². The summed E-state index contributed by atoms with van der Waals surface area (Å²) < 4.78 is 68.6. The van der Waals surface area contributed by atoms with E-state index in [0.717, 1.165) is 102 Å². The molecule has 0 aromatic rings. The monoisotopic (exact) mass is 1410 g/mol. The van der Waals surface area contributed by atoms with Gasteiger partial charge in [-0.1, -0.05) is 350 Å². The molecule has 0 spiro atoms. The second-order valence-electron chi connectivity index (χ2n) is 28.7. The lowest BCUT2D eigenvalue weighted by molar-refractivity contribution is -0.161. The molecule has 0 saturated carbocycles. The molecule has 17 nitrogen and oxygen atoms in total. The van der Waals surface area contributed by atoms with Crippen molar-refractivity contribution in [3.63, 3.8) is 0 Å². The van der Waals surface area contributed by atoms with Crippen LogP contribution in [-0.4, -0.2) is 96.7 Å². The zero-order chi connectivity index (χ0) is 70.7. The highest BCUT2D eigenvalue weighted by Gasteiger charge is 2.30. The van der Waals surface area contributed by atoms with Gasteiger partial charge in [-0.25, -0.2) is 9.13 Å². The molecule has 0 bridgehead atoms. The summed E-state index contributed by atoms with van der Waals surface area (Å²) in [5.41, 5.74) is 0. The zero-order valence-electron chi connectivity index (χ0n) is 62.7. The summed E-state index contributed by atoms with van der Waals surface area (Å²) >= 11 is 0. The molecule has 96 heavy (non-hydrogen) atoms. The zero-order valence-corrected chi connectivity index (χ0v) is 64.5. The van der Waals surface area contributed by atoms with Crippen molar-refractivity contribution in [3.05, 3.63) is 0 Å². The lowest BCUT2D eigenvalue weighted by Gasteiger charge is -2.21. The number of phosphoric ester groups is 2. The maximum atomic E-state index is 13.1. The highest BCUT2D eigenvalue weighted by Crippen LogP contribution is 2.45. The Balaban J connectivity index is 5.24. The van der Waals surface area contributed by atoms with E-state index in [-0.39, 0.29) is 25.7 Å². The Labute approximate surface area is 588 Å². The van der Waals surface area contributed by atoms with Crippen LogP contribution in [-0.2, 0) is 65.4 Å². The Kier molecular flexibility index (Phi) is 67.4. The highest BCUT2D eigenvalue weighted by atomic mass is 31.2. The van der Waals surface area contributed by atoms with Crippen molar-refractivity contribution in [1.82, 2.24) is 0 Å². The fourth-order valence-corrected chi connectivity index (χ4v) is 13.4. The summed E-state index contributed by atoms with van der Waals surface area (Å²) in [6.07, 6.45) is 56.7. The van der Waals surface area contributed by atoms with Gasteiger partial charge in [-0.05, 0) is 37.5 Å². The van der Waals surface area contributed by atoms with Crippen molar-refractivity contribution >= 4 is 39.5 Å². The van der Waals surface area contributed by atoms with Gasteiger partial charge in [0.25, 0.3) is 0 Å². The van der Waals surface area contributed by atoms with Crippen LogP contribution < -0.4 is 0 Å². The number of hydrogen-bond acceptors (Lipinski definition) is 15. The Morgan fingerprint density at radius 3 is 0.708 bits per heavy atom. The van der Waals surface area contributed by atoms with E-state index in [0.29, 0.717) is 25.7 Å². The minimum atomic E-state index is -4.96. The molecule has 0 saturated heterocycles. The lowest BCUT2D eigenvalue weighted by atomic mass is 10.0. The molecule has 19 heteroatoms. The Hall–Kier alpha value is -1.94. The van der Waals surface area contributed by atoms with Crippen molar-refractivity contribution in [2.75, 3.05) is 39.6 Å². The number of rotatable bonds is 76. The number of carbonyl (C=O) groups is 4. The summed E-state index contributed by atoms with van der Waals surface area (Å²) in [5, 5.41) is 10.6. The van der Waals surface area contributed by atoms with E-state index in [4.69, 9.17) is 37.0 Å². The molecule has 0 aromatic heterocycles. The highest BCUT2D eigenvalue weighted by molar-refractivity contribution is 7.47. The number of hydrogen-bond donors (Lipinski definition) is 3. The van der Waals surface area contributed by atoms with E-state index in [1.54, 1.807) is 0 Å². The molecule has 0 fully saturated rings. The minimum absolute atomic E-state index is 0.108. The predicted octanol–water partition coefficient (Wildman–Crippen LogP) is 22.7. The molecule has 0 aliphatic carbocycles. The summed E-state index contributed by atoms with van der Waals surface area (Å²) in [7, 11) is -9.91. The fraction of sp³-hybridized carbons (Fsp3) is 0.948. The van der Waals surface area contributed by atoms with Crippen LogP contribution >= 0.6 is 15.6 Å². The van der Waals surface area contributed by atoms with Gasteiger partial charge in [0.05, 0.1) is 26.4 Å². The molecule has 0 aliphatic heterocycles. The molecular formula is C77H150O17P2. The molecule has 0 radical (unpaired) electrons. The number of phosphoric acid groups is 2. The molecular weight excluding hydrogens is 1260 g/mol. The second-order valence-corrected chi connectivity index (χ2v) is 31.6. The first-order valence-electron chi connectivity index (χ1n) is 40.0. The van der Waals surface area contributed by atoms with E-state index in [1.807, 2.05) is 0 Å². The first-order valence-corrected chi connectivity index (χ1v) is 43.0. The molecule has 0 amide bonds. The Bertz CT molecular complexity index is 1860. The van der Waals surface area contributed by atoms with Gasteiger partial charge < -0.3 is 33.8 Å². The van der Waals surface area contributed by atoms with Crippen molar-refractivity contribution < 1.29 is 80.2 Å². The molecule has 2 unspecified atom stereocenters. The van der Waals surface area contributed by atoms with Gasteiger partial charge in [0.2, 0.25) is 0 Å². The standard InChI is InChI=1S/C77H150O17P2/c1-7-9-11-13-15-17-19-20-25-30-37-43-49-55-61-76(81)93-72(65-87-74(79)59-53-47-41-35-18-16-14-12-10-8-2)67-91-95(83,84)89-63-71(78)64-90-96(85,86)92-68-73(66-88-75(80)60-54-48-42-36-32-27-29-34-40-46-52-58-70(5)6)94-77(82)62-56-50-44-38-31-26-23-21-22-24-28-33-39-45-51-57-69(3)4/h69-73,78H,7-68H2,1-6H3,(H,83,84)(H,85,86)/t71-,72+,73+/m0/s1. The largest absolute Gasteiger partial charge is 0.472 e. The van der Waals surface area contributed by atoms with Gasteiger partial charge in [0, 0.05) is 25.7 Å². The van der Waals surface area contributed by atoms with Gasteiger partial charge in [-0.3, -0.25) is 37.3 Å². The van der Waals surface area contributed by atoms with Crippen molar-refractivity contribution in [3.8, 4) is 0 Å². The summed E-state index contributed by atoms with van der Waals surface area (Å²) in [5.74, 6) is -0.539. The molecule has 0 rings (SSSR count). The molecule has 0 heterocycles. The van der Waals surface area contributed by atoms with Gasteiger partial charge in [-0.2, -0.15) is 0 Å². The van der Waals surface area contributed by atoms with Gasteiger partial charge >= 0.3 is 39.5 Å². The van der Waals surface area contributed by atoms with Crippen molar-refractivity contribution in [1.29, 1.82) is 0 Å². The van der Waals surface area contributed by atoms with Crippen LogP contribution in [0.5, 0.6) is 0 Å². The summed E-state index contributed by atoms with van der Waals surface area (Å²) in [6, 6.07) is 0. The first kappa shape index (κ1) is 94.1. The maximum Gasteiger partial charge on any atom is 0.472 e. The quantitative estimate of drug-likeness (QED) is 0.0222. The van der Waals surface area contributed by atoms with Crippen molar-refractivity contribution in [2.45, 2.75) is 419 Å². The normalized spacial score (nSPS) is 14.0. The number of aliphatic hydroxyl groups excluding tert-OH is 1. The second kappa shape index (κ2) is 68.8. The van der Waals surface area contributed by atoms with E-state index in [9.17, 15) is 43.2 Å². The SMILES string of the molecule is CCCCCCCCCCCCCCCCC(=O)O[C@H](COC(=O)CCCCCCCCCCCC)COP(=O)(O)OC[C@H](O)COP(=O)(O)OC[C@@H](COC(=O)CCCCCCCCCCCCCC(C)C)OC(=O)CCCCCCCCCCCCCCCCCC(C)C. The number of ether oxygens (including phenoxy) is 4. The van der Waals surface area contributed by atoms with Crippen LogP contribution in [0.25, 0.3) is 0 Å². The molecule has 3 N–H and O–H groups in total. The van der Waals surface area contributed by atoms with E-state index in [2.05, 4.69) is 41.5 Å². The lowest BCUT2D eigenvalue weighted by Crippen LogP contribution is -2.30. The smallest absolute Gasteiger partial charge is 0.462 e. The van der Waals surface area contributed by atoms with Gasteiger partial charge in [0.1, 0.15) is 19.3 Å². The maximum absolute atomic E-state index is 13.1. The average molecular weight is 1410 g/mol. The molecule has 570 valence electrons. The third kappa shape index (κ3) is 70.5. The number of carbonyl (C=O) groups excluding carboxylic acids is 4. The molecule has 0 aromatic carbocycles. The summed E-state index contributed by atoms with van der Waals surface area (Å²) in [4.78, 5) is 72.8. The van der Waals surface area contributed by atoms with Crippen LogP contribution in [0, 0.1) is 11.8 Å². The van der Waals surface area contributed by atoms with Crippen LogP contribution in [0.1, 0.15) is 401 Å². The number of esters is 4. The third-order valence-electron chi connectivity index (χ3n) is 18.0. The number of aliphatic hydroxyl groups is 1. The molecule has 5 atom stereocenters. The van der Waals surface area contributed by atoms with E-state index >= 15 is 0 Å². The Morgan fingerprint density at radius 1 is 0.281 bits per heavy atom. The van der Waals surface area contributed by atoms with Gasteiger partial charge in [-0.15, -0.1) is 0 Å². The average Bonchev–Trinajstić information content (AvgIpc) is 1.80. The van der Waals surface area contributed by atoms with Crippen LogP contribution in [0.3, 0.4) is 0 Å². The Morgan fingerprint density at radius 2 is 0.479 bits per heavy atom. The van der Waals surface area contributed by atoms with Crippen molar-refractivity contribution in [2.24, 2.45) is 11.8 Å². The van der Waals surface area contributed by atoms with Crippen LogP contribution in [0.2, 0.25) is 0 Å². The van der Waals surface area contributed by atoms with Crippen LogP contribution in [0.15, 0.2) is 0 Å². The third-order valence-corrected chi connectivity index (χ3v) is 19.9. The molecule has 0 aliphatic rings. The predicted molar refractivity (Wildman–Crippen MR) is 391 cm³/mol. The first-order chi connectivity index (χ1) is 46.4.